The zero-order chi connectivity index (χ0) is 21.3. The molecule has 1 saturated heterocycles. The number of carbonyl (C=O) groups is 1. The normalized spacial score (nSPS) is 17.9. The molecule has 1 aliphatic heterocycles. The van der Waals surface area contributed by atoms with Gasteiger partial charge in [0, 0.05) is 13.1 Å². The Labute approximate surface area is 184 Å². The van der Waals surface area contributed by atoms with Crippen molar-refractivity contribution in [1.82, 2.24) is 9.29 Å². The standard InChI is InChI=1S/C21H21ClN2O4S2/c1-14-5-4-10-24(12-14)30(26,27)19-11-15(8-9-16(19)22)21(25)28-13-20-23-17-6-2-3-7-18(17)29-20/h2-3,6-9,11,14H,4-5,10,12-13H2,1H3. The van der Waals surface area contributed by atoms with E-state index in [9.17, 15) is 13.2 Å². The molecule has 1 fully saturated rings. The van der Waals surface area contributed by atoms with Crippen molar-refractivity contribution >= 4 is 49.1 Å². The molecule has 6 nitrogen and oxygen atoms in total. The Morgan fingerprint density at radius 1 is 1.30 bits per heavy atom. The Kier molecular flexibility index (Phi) is 6.11. The van der Waals surface area contributed by atoms with Crippen LogP contribution < -0.4 is 0 Å². The van der Waals surface area contributed by atoms with Crippen LogP contribution in [0.4, 0.5) is 0 Å². The van der Waals surface area contributed by atoms with Gasteiger partial charge in [0.05, 0.1) is 20.8 Å². The molecular weight excluding hydrogens is 444 g/mol. The number of aromatic nitrogens is 1. The van der Waals surface area contributed by atoms with Crippen molar-refractivity contribution in [2.24, 2.45) is 5.92 Å². The van der Waals surface area contributed by atoms with Crippen molar-refractivity contribution in [2.45, 2.75) is 31.3 Å². The van der Waals surface area contributed by atoms with Crippen molar-refractivity contribution < 1.29 is 17.9 Å². The van der Waals surface area contributed by atoms with Crippen molar-refractivity contribution in [1.29, 1.82) is 0 Å². The van der Waals surface area contributed by atoms with Gasteiger partial charge in [0.1, 0.15) is 16.5 Å². The fourth-order valence-electron chi connectivity index (χ4n) is 3.52. The predicted octanol–water partition coefficient (Wildman–Crippen LogP) is 4.73. The Morgan fingerprint density at radius 3 is 2.87 bits per heavy atom. The summed E-state index contributed by atoms with van der Waals surface area (Å²) in [6.07, 6.45) is 1.81. The number of benzene rings is 2. The van der Waals surface area contributed by atoms with Gasteiger partial charge in [0.25, 0.3) is 0 Å². The number of thiazole rings is 1. The zero-order valence-electron chi connectivity index (χ0n) is 16.4. The molecule has 1 atom stereocenters. The van der Waals surface area contributed by atoms with Crippen LogP contribution in [0, 0.1) is 5.92 Å². The first-order chi connectivity index (χ1) is 14.3. The van der Waals surface area contributed by atoms with Crippen LogP contribution in [0.3, 0.4) is 0 Å². The first kappa shape index (κ1) is 21.2. The molecule has 3 aromatic rings. The quantitative estimate of drug-likeness (QED) is 0.510. The van der Waals surface area contributed by atoms with Crippen LogP contribution in [-0.4, -0.2) is 36.8 Å². The SMILES string of the molecule is CC1CCCN(S(=O)(=O)c2cc(C(=O)OCc3nc4ccccc4s3)ccc2Cl)C1. The molecule has 30 heavy (non-hydrogen) atoms. The van der Waals surface area contributed by atoms with Crippen LogP contribution in [0.1, 0.15) is 35.1 Å². The number of piperidine rings is 1. The maximum Gasteiger partial charge on any atom is 0.338 e. The summed E-state index contributed by atoms with van der Waals surface area (Å²) in [4.78, 5) is 16.9. The topological polar surface area (TPSA) is 76.6 Å². The second-order valence-electron chi connectivity index (χ2n) is 7.41. The third kappa shape index (κ3) is 4.37. The minimum absolute atomic E-state index is 0.0204. The van der Waals surface area contributed by atoms with Crippen LogP contribution in [-0.2, 0) is 21.4 Å². The summed E-state index contributed by atoms with van der Waals surface area (Å²) in [6.45, 7) is 2.95. The van der Waals surface area contributed by atoms with Gasteiger partial charge in [-0.25, -0.2) is 18.2 Å². The van der Waals surface area contributed by atoms with Gasteiger partial charge in [-0.3, -0.25) is 0 Å². The van der Waals surface area contributed by atoms with E-state index in [-0.39, 0.29) is 28.0 Å². The Balaban J connectivity index is 1.52. The maximum absolute atomic E-state index is 13.1. The Bertz CT molecular complexity index is 1160. The molecule has 0 amide bonds. The van der Waals surface area contributed by atoms with E-state index in [2.05, 4.69) is 4.98 Å². The highest BCUT2D eigenvalue weighted by atomic mass is 35.5. The Morgan fingerprint density at radius 2 is 2.10 bits per heavy atom. The van der Waals surface area contributed by atoms with E-state index in [4.69, 9.17) is 16.3 Å². The van der Waals surface area contributed by atoms with Crippen molar-refractivity contribution in [3.05, 3.63) is 58.1 Å². The zero-order valence-corrected chi connectivity index (χ0v) is 18.8. The van der Waals surface area contributed by atoms with E-state index in [1.54, 1.807) is 0 Å². The van der Waals surface area contributed by atoms with E-state index in [1.165, 1.54) is 33.8 Å². The van der Waals surface area contributed by atoms with E-state index >= 15 is 0 Å². The number of rotatable bonds is 5. The largest absolute Gasteiger partial charge is 0.455 e. The molecule has 0 radical (unpaired) electrons. The third-order valence-corrected chi connectivity index (χ3v) is 8.43. The van der Waals surface area contributed by atoms with E-state index in [1.807, 2.05) is 31.2 Å². The van der Waals surface area contributed by atoms with Crippen molar-refractivity contribution in [3.8, 4) is 0 Å². The lowest BCUT2D eigenvalue weighted by Gasteiger charge is -2.30. The number of hydrogen-bond acceptors (Lipinski definition) is 6. The highest BCUT2D eigenvalue weighted by molar-refractivity contribution is 7.89. The average molecular weight is 465 g/mol. The fraction of sp³-hybridized carbons (Fsp3) is 0.333. The molecule has 0 bridgehead atoms. The van der Waals surface area contributed by atoms with Gasteiger partial charge in [-0.15, -0.1) is 11.3 Å². The number of halogens is 1. The summed E-state index contributed by atoms with van der Waals surface area (Å²) in [6, 6.07) is 11.9. The number of ether oxygens (including phenoxy) is 1. The van der Waals surface area contributed by atoms with Gasteiger partial charge >= 0.3 is 5.97 Å². The monoisotopic (exact) mass is 464 g/mol. The van der Waals surface area contributed by atoms with E-state index in [0.717, 1.165) is 23.1 Å². The first-order valence-corrected chi connectivity index (χ1v) is 12.3. The minimum Gasteiger partial charge on any atom is -0.455 e. The van der Waals surface area contributed by atoms with Gasteiger partial charge in [-0.1, -0.05) is 30.7 Å². The number of esters is 1. The van der Waals surface area contributed by atoms with Crippen LogP contribution in [0.2, 0.25) is 5.02 Å². The summed E-state index contributed by atoms with van der Waals surface area (Å²) < 4.78 is 34.0. The number of fused-ring (bicyclic) bond motifs is 1. The van der Waals surface area contributed by atoms with Crippen LogP contribution >= 0.6 is 22.9 Å². The lowest BCUT2D eigenvalue weighted by Crippen LogP contribution is -2.39. The highest BCUT2D eigenvalue weighted by Crippen LogP contribution is 2.29. The summed E-state index contributed by atoms with van der Waals surface area (Å²) in [7, 11) is -3.78. The van der Waals surface area contributed by atoms with Gasteiger partial charge in [0.15, 0.2) is 0 Å². The third-order valence-electron chi connectivity index (χ3n) is 5.07. The molecule has 2 aromatic carbocycles. The summed E-state index contributed by atoms with van der Waals surface area (Å²) in [5.74, 6) is -0.330. The summed E-state index contributed by atoms with van der Waals surface area (Å²) in [5.41, 5.74) is 0.994. The number of hydrogen-bond donors (Lipinski definition) is 0. The van der Waals surface area contributed by atoms with Crippen LogP contribution in [0.25, 0.3) is 10.2 Å². The fourth-order valence-corrected chi connectivity index (χ4v) is 6.50. The van der Waals surface area contributed by atoms with Crippen molar-refractivity contribution in [2.75, 3.05) is 13.1 Å². The number of para-hydroxylation sites is 1. The number of sulfonamides is 1. The molecule has 0 N–H and O–H groups in total. The molecule has 158 valence electrons. The second-order valence-corrected chi connectivity index (χ2v) is 10.8. The second kappa shape index (κ2) is 8.63. The van der Waals surface area contributed by atoms with Crippen LogP contribution in [0.5, 0.6) is 0 Å². The van der Waals surface area contributed by atoms with Crippen LogP contribution in [0.15, 0.2) is 47.4 Å². The Hall–Kier alpha value is -2.00. The lowest BCUT2D eigenvalue weighted by molar-refractivity contribution is 0.0472. The molecule has 0 saturated carbocycles. The van der Waals surface area contributed by atoms with Gasteiger partial charge in [0.2, 0.25) is 10.0 Å². The first-order valence-electron chi connectivity index (χ1n) is 9.66. The molecule has 4 rings (SSSR count). The van der Waals surface area contributed by atoms with E-state index in [0.29, 0.717) is 18.1 Å². The molecule has 2 heterocycles. The smallest absolute Gasteiger partial charge is 0.338 e. The molecule has 0 aliphatic carbocycles. The number of nitrogens with zero attached hydrogens (tertiary/aromatic N) is 2. The van der Waals surface area contributed by atoms with Gasteiger partial charge < -0.3 is 4.74 Å². The molecular formula is C21H21ClN2O4S2. The summed E-state index contributed by atoms with van der Waals surface area (Å²) in [5, 5.41) is 0.768. The van der Waals surface area contributed by atoms with Gasteiger partial charge in [-0.2, -0.15) is 4.31 Å². The molecule has 1 unspecified atom stereocenters. The summed E-state index contributed by atoms with van der Waals surface area (Å²) >= 11 is 7.64. The van der Waals surface area contributed by atoms with Gasteiger partial charge in [-0.05, 0) is 49.1 Å². The molecule has 1 aromatic heterocycles. The highest BCUT2D eigenvalue weighted by Gasteiger charge is 2.31. The molecule has 9 heteroatoms. The van der Waals surface area contributed by atoms with E-state index < -0.39 is 16.0 Å². The molecule has 0 spiro atoms. The average Bonchev–Trinajstić information content (AvgIpc) is 3.15. The predicted molar refractivity (Wildman–Crippen MR) is 117 cm³/mol. The van der Waals surface area contributed by atoms with Crippen molar-refractivity contribution in [3.63, 3.8) is 0 Å². The minimum atomic E-state index is -3.78. The number of carbonyl (C=O) groups excluding carboxylic acids is 1. The maximum atomic E-state index is 13.1. The molecule has 1 aliphatic rings. The lowest BCUT2D eigenvalue weighted by atomic mass is 10.0.